The van der Waals surface area contributed by atoms with E-state index < -0.39 is 21.8 Å². The zero-order valence-corrected chi connectivity index (χ0v) is 21.8. The summed E-state index contributed by atoms with van der Waals surface area (Å²) in [5, 5.41) is 25.2. The molecule has 3 aromatic rings. The maximum Gasteiger partial charge on any atom is 0.354 e. The molecule has 2 aromatic heterocycles. The van der Waals surface area contributed by atoms with Gasteiger partial charge in [0.15, 0.2) is 9.84 Å². The van der Waals surface area contributed by atoms with Crippen molar-refractivity contribution in [1.82, 2.24) is 20.1 Å². The summed E-state index contributed by atoms with van der Waals surface area (Å²) in [7, 11) is -3.16. The molecule has 10 nitrogen and oxygen atoms in total. The molecule has 3 N–H and O–H groups in total. The minimum Gasteiger partial charge on any atom is -0.481 e. The first-order valence-electron chi connectivity index (χ1n) is 12.0. The van der Waals surface area contributed by atoms with Crippen molar-refractivity contribution in [2.75, 3.05) is 19.3 Å². The van der Waals surface area contributed by atoms with Crippen molar-refractivity contribution in [3.8, 4) is 11.3 Å². The zero-order chi connectivity index (χ0) is 27.0. The van der Waals surface area contributed by atoms with Gasteiger partial charge in [-0.2, -0.15) is 5.10 Å². The Morgan fingerprint density at radius 1 is 1.05 bits per heavy atom. The number of aryl methyl sites for hydroxylation is 3. The molecule has 0 saturated carbocycles. The van der Waals surface area contributed by atoms with Crippen molar-refractivity contribution in [1.29, 1.82) is 0 Å². The molecule has 198 valence electrons. The summed E-state index contributed by atoms with van der Waals surface area (Å²) in [4.78, 5) is 25.4. The van der Waals surface area contributed by atoms with Crippen LogP contribution in [-0.4, -0.2) is 64.7 Å². The number of carboxylic acids is 2. The number of sulfone groups is 1. The van der Waals surface area contributed by atoms with E-state index >= 15 is 0 Å². The van der Waals surface area contributed by atoms with Crippen LogP contribution in [0.3, 0.4) is 0 Å². The fraction of sp³-hybridized carbons (Fsp3) is 0.385. The van der Waals surface area contributed by atoms with Crippen LogP contribution in [0, 0.1) is 0 Å². The van der Waals surface area contributed by atoms with Crippen LogP contribution in [0.5, 0.6) is 0 Å². The molecular weight excluding hydrogens is 496 g/mol. The lowest BCUT2D eigenvalue weighted by atomic mass is 9.90. The minimum atomic E-state index is -3.16. The van der Waals surface area contributed by atoms with Gasteiger partial charge in [0.25, 0.3) is 5.97 Å². The Morgan fingerprint density at radius 2 is 1.73 bits per heavy atom. The molecule has 0 atom stereocenters. The number of aromatic nitrogens is 3. The second kappa shape index (κ2) is 12.6. The van der Waals surface area contributed by atoms with Gasteiger partial charge in [0.05, 0.1) is 10.6 Å². The average molecular weight is 529 g/mol. The molecule has 1 aromatic carbocycles. The lowest BCUT2D eigenvalue weighted by molar-refractivity contribution is -0.134. The Labute approximate surface area is 216 Å². The second-order valence-electron chi connectivity index (χ2n) is 8.88. The average Bonchev–Trinajstić information content (AvgIpc) is 3.22. The quantitative estimate of drug-likeness (QED) is 0.337. The van der Waals surface area contributed by atoms with Crippen LogP contribution in [-0.2, 0) is 40.4 Å². The Kier molecular flexibility index (Phi) is 9.54. The summed E-state index contributed by atoms with van der Waals surface area (Å²) in [6, 6.07) is 8.93. The molecule has 0 saturated heterocycles. The molecule has 0 amide bonds. The molecule has 0 radical (unpaired) electrons. The third-order valence-electron chi connectivity index (χ3n) is 5.95. The van der Waals surface area contributed by atoms with Crippen molar-refractivity contribution < 1.29 is 28.2 Å². The van der Waals surface area contributed by atoms with E-state index in [-0.39, 0.29) is 0 Å². The number of fused-ring (bicyclic) bond motifs is 3. The van der Waals surface area contributed by atoms with E-state index in [4.69, 9.17) is 9.90 Å². The number of hydrogen-bond donors (Lipinski definition) is 3. The molecule has 1 aliphatic carbocycles. The number of carboxylic acid groups (broad SMARTS) is 2. The number of nitrogens with one attached hydrogen (secondary N) is 1. The van der Waals surface area contributed by atoms with E-state index in [1.54, 1.807) is 23.0 Å². The van der Waals surface area contributed by atoms with Crippen molar-refractivity contribution in [2.45, 2.75) is 50.5 Å². The fourth-order valence-electron chi connectivity index (χ4n) is 4.27. The number of hydrogen-bond acceptors (Lipinski definition) is 7. The number of aliphatic carboxylic acids is 1. The molecule has 11 heteroatoms. The number of aromatic carboxylic acids is 1. The van der Waals surface area contributed by atoms with E-state index in [9.17, 15) is 18.3 Å². The van der Waals surface area contributed by atoms with Crippen LogP contribution in [0.1, 0.15) is 46.9 Å². The van der Waals surface area contributed by atoms with Crippen molar-refractivity contribution in [3.05, 3.63) is 65.1 Å². The summed E-state index contributed by atoms with van der Waals surface area (Å²) in [5.41, 5.74) is 5.08. The third-order valence-corrected chi connectivity index (χ3v) is 7.08. The first-order valence-corrected chi connectivity index (χ1v) is 13.9. The van der Waals surface area contributed by atoms with E-state index in [2.05, 4.69) is 15.4 Å². The Balaban J connectivity index is 0.000000886. The molecule has 0 bridgehead atoms. The molecule has 1 aliphatic rings. The highest BCUT2D eigenvalue weighted by atomic mass is 32.2. The number of rotatable bonds is 10. The second-order valence-corrected chi connectivity index (χ2v) is 10.9. The van der Waals surface area contributed by atoms with Crippen molar-refractivity contribution >= 4 is 21.8 Å². The summed E-state index contributed by atoms with van der Waals surface area (Å²) >= 11 is 0. The summed E-state index contributed by atoms with van der Waals surface area (Å²) < 4.78 is 24.7. The van der Waals surface area contributed by atoms with Crippen LogP contribution < -0.4 is 5.32 Å². The van der Waals surface area contributed by atoms with Crippen molar-refractivity contribution in [2.24, 2.45) is 0 Å². The van der Waals surface area contributed by atoms with Gasteiger partial charge in [0.2, 0.25) is 0 Å². The van der Waals surface area contributed by atoms with Gasteiger partial charge in [0.1, 0.15) is 5.69 Å². The highest BCUT2D eigenvalue weighted by Gasteiger charge is 2.27. The van der Waals surface area contributed by atoms with Crippen LogP contribution in [0.15, 0.2) is 47.6 Å². The fourth-order valence-corrected chi connectivity index (χ4v) is 4.90. The monoisotopic (exact) mass is 528 g/mol. The van der Waals surface area contributed by atoms with Crippen LogP contribution in [0.25, 0.3) is 11.3 Å². The van der Waals surface area contributed by atoms with Gasteiger partial charge in [-0.15, -0.1) is 0 Å². The normalized spacial score (nSPS) is 12.2. The standard InChI is InChI=1S/C24H28N4O4S.C2H4O2/c1-33(31,32)19-8-5-17(6-9-19)4-2-12-25-13-3-15-28-23(24(29)30)21-10-7-18-16-26-14-11-20(18)22(21)27-28;1-2(3)4/h5-6,8-9,11,14,16,25H,2-4,7,10,12-13,15H2,1H3,(H,29,30);1H3,(H,3,4). The highest BCUT2D eigenvalue weighted by Crippen LogP contribution is 2.34. The summed E-state index contributed by atoms with van der Waals surface area (Å²) in [5.74, 6) is -1.77. The number of benzene rings is 1. The Morgan fingerprint density at radius 3 is 2.38 bits per heavy atom. The van der Waals surface area contributed by atoms with Gasteiger partial charge in [-0.25, -0.2) is 13.2 Å². The van der Waals surface area contributed by atoms with E-state index in [0.717, 1.165) is 73.6 Å². The van der Waals surface area contributed by atoms with Gasteiger partial charge in [0, 0.05) is 43.2 Å². The van der Waals surface area contributed by atoms with Gasteiger partial charge < -0.3 is 15.5 Å². The third kappa shape index (κ3) is 7.70. The van der Waals surface area contributed by atoms with Crippen LogP contribution in [0.2, 0.25) is 0 Å². The lowest BCUT2D eigenvalue weighted by Gasteiger charge is -2.14. The number of pyridine rings is 1. The van der Waals surface area contributed by atoms with Gasteiger partial charge >= 0.3 is 5.97 Å². The molecule has 0 unspecified atom stereocenters. The Hall–Kier alpha value is -3.57. The minimum absolute atomic E-state index is 0.296. The summed E-state index contributed by atoms with van der Waals surface area (Å²) in [6.07, 6.45) is 8.77. The number of nitrogens with zero attached hydrogens (tertiary/aromatic N) is 3. The largest absolute Gasteiger partial charge is 0.481 e. The highest BCUT2D eigenvalue weighted by molar-refractivity contribution is 7.90. The van der Waals surface area contributed by atoms with Crippen molar-refractivity contribution in [3.63, 3.8) is 0 Å². The predicted octanol–water partition coefficient (Wildman–Crippen LogP) is 2.85. The maximum atomic E-state index is 11.9. The molecular formula is C26H32N4O6S. The Bertz CT molecular complexity index is 1350. The van der Waals surface area contributed by atoms with Gasteiger partial charge in [-0.1, -0.05) is 12.1 Å². The smallest absolute Gasteiger partial charge is 0.354 e. The van der Waals surface area contributed by atoms with Crippen LogP contribution in [0.4, 0.5) is 0 Å². The van der Waals surface area contributed by atoms with Gasteiger partial charge in [-0.05, 0) is 74.5 Å². The van der Waals surface area contributed by atoms with Crippen LogP contribution >= 0.6 is 0 Å². The van der Waals surface area contributed by atoms with E-state index in [1.807, 2.05) is 24.4 Å². The molecule has 0 aliphatic heterocycles. The predicted molar refractivity (Wildman–Crippen MR) is 138 cm³/mol. The molecule has 37 heavy (non-hydrogen) atoms. The first kappa shape index (κ1) is 28.0. The van der Waals surface area contributed by atoms with E-state index in [1.165, 1.54) is 6.26 Å². The molecule has 0 fully saturated rings. The maximum absolute atomic E-state index is 11.9. The number of carbonyl (C=O) groups is 2. The molecule has 4 rings (SSSR count). The first-order chi connectivity index (χ1) is 17.6. The molecule has 2 heterocycles. The summed E-state index contributed by atoms with van der Waals surface area (Å²) in [6.45, 7) is 3.21. The zero-order valence-electron chi connectivity index (χ0n) is 21.0. The lowest BCUT2D eigenvalue weighted by Crippen LogP contribution is -2.20. The van der Waals surface area contributed by atoms with E-state index in [0.29, 0.717) is 23.6 Å². The molecule has 0 spiro atoms. The van der Waals surface area contributed by atoms with Gasteiger partial charge in [-0.3, -0.25) is 14.5 Å². The SMILES string of the molecule is CC(=O)O.CS(=O)(=O)c1ccc(CCCNCCCn2nc3c(c2C(=O)O)CCc2cnccc2-3)cc1. The topological polar surface area (TPSA) is 151 Å².